The summed E-state index contributed by atoms with van der Waals surface area (Å²) in [5, 5.41) is 5.17. The van der Waals surface area contributed by atoms with E-state index in [4.69, 9.17) is 4.74 Å². The minimum Gasteiger partial charge on any atom is -0.497 e. The summed E-state index contributed by atoms with van der Waals surface area (Å²) in [6.45, 7) is 0.918. The molecule has 1 aromatic heterocycles. The first kappa shape index (κ1) is 26.6. The first-order chi connectivity index (χ1) is 17.7. The first-order valence-corrected chi connectivity index (χ1v) is 12.2. The third-order valence-electron chi connectivity index (χ3n) is 6.99. The highest BCUT2D eigenvalue weighted by Crippen LogP contribution is 2.31. The van der Waals surface area contributed by atoms with E-state index in [1.54, 1.807) is 36.3 Å². The van der Waals surface area contributed by atoms with Crippen LogP contribution in [-0.4, -0.2) is 73.0 Å². The average Bonchev–Trinajstić information content (AvgIpc) is 2.92. The number of carbonyl (C=O) groups excluding carboxylic acids is 3. The molecule has 2 amide bonds. The maximum Gasteiger partial charge on any atom is 0.394 e. The lowest BCUT2D eigenvalue weighted by Crippen LogP contribution is -2.54. The number of nitrogens with one attached hydrogen (secondary N) is 2. The van der Waals surface area contributed by atoms with Gasteiger partial charge in [-0.25, -0.2) is 0 Å². The fourth-order valence-electron chi connectivity index (χ4n) is 4.78. The zero-order chi connectivity index (χ0) is 26.6. The largest absolute Gasteiger partial charge is 0.497 e. The summed E-state index contributed by atoms with van der Waals surface area (Å²) in [6.07, 6.45) is -2.02. The molecule has 37 heavy (non-hydrogen) atoms. The van der Waals surface area contributed by atoms with E-state index in [0.717, 1.165) is 0 Å². The topological polar surface area (TPSA) is 101 Å². The Bertz CT molecular complexity index is 1110. The van der Waals surface area contributed by atoms with Crippen molar-refractivity contribution in [3.05, 3.63) is 59.4 Å². The molecule has 2 unspecified atom stereocenters. The SMILES string of the molecule is COc1ccc(C(=O)C2CCN(C(=O)c3ccc(C(=O)NC4CCNCC4C(F)(F)F)cn3)CC2)cc1. The Morgan fingerprint density at radius 3 is 2.30 bits per heavy atom. The summed E-state index contributed by atoms with van der Waals surface area (Å²) in [5.74, 6) is -2.14. The van der Waals surface area contributed by atoms with Gasteiger partial charge in [-0.1, -0.05) is 0 Å². The smallest absolute Gasteiger partial charge is 0.394 e. The number of nitrogens with zero attached hydrogens (tertiary/aromatic N) is 2. The number of benzene rings is 1. The lowest BCUT2D eigenvalue weighted by atomic mass is 9.88. The molecule has 2 fully saturated rings. The number of hydrogen-bond acceptors (Lipinski definition) is 6. The monoisotopic (exact) mass is 518 g/mol. The Kier molecular flexibility index (Phi) is 8.11. The Labute approximate surface area is 212 Å². The van der Waals surface area contributed by atoms with Crippen molar-refractivity contribution >= 4 is 17.6 Å². The van der Waals surface area contributed by atoms with E-state index in [-0.39, 0.29) is 41.8 Å². The van der Waals surface area contributed by atoms with Crippen molar-refractivity contribution in [2.24, 2.45) is 11.8 Å². The summed E-state index contributed by atoms with van der Waals surface area (Å²) < 4.78 is 45.0. The number of likely N-dealkylation sites (tertiary alicyclic amines) is 1. The van der Waals surface area contributed by atoms with Crippen LogP contribution >= 0.6 is 0 Å². The highest BCUT2D eigenvalue weighted by Gasteiger charge is 2.46. The Morgan fingerprint density at radius 2 is 1.70 bits per heavy atom. The van der Waals surface area contributed by atoms with Crippen LogP contribution < -0.4 is 15.4 Å². The van der Waals surface area contributed by atoms with E-state index in [1.165, 1.54) is 18.3 Å². The molecule has 2 aromatic rings. The number of alkyl halides is 3. The van der Waals surface area contributed by atoms with Crippen LogP contribution in [0.15, 0.2) is 42.6 Å². The van der Waals surface area contributed by atoms with Crippen LogP contribution in [-0.2, 0) is 0 Å². The van der Waals surface area contributed by atoms with Crippen molar-refractivity contribution in [2.45, 2.75) is 31.5 Å². The molecule has 2 aliphatic rings. The van der Waals surface area contributed by atoms with E-state index >= 15 is 0 Å². The summed E-state index contributed by atoms with van der Waals surface area (Å²) >= 11 is 0. The van der Waals surface area contributed by atoms with Crippen LogP contribution in [0.5, 0.6) is 5.75 Å². The molecule has 2 atom stereocenters. The first-order valence-electron chi connectivity index (χ1n) is 12.2. The normalized spacial score (nSPS) is 20.8. The van der Waals surface area contributed by atoms with E-state index in [2.05, 4.69) is 15.6 Å². The third-order valence-corrected chi connectivity index (χ3v) is 6.99. The number of ketones is 1. The van der Waals surface area contributed by atoms with Gasteiger partial charge in [0.15, 0.2) is 5.78 Å². The molecule has 0 bridgehead atoms. The van der Waals surface area contributed by atoms with E-state index in [9.17, 15) is 27.6 Å². The van der Waals surface area contributed by atoms with Crippen LogP contribution in [0.3, 0.4) is 0 Å². The summed E-state index contributed by atoms with van der Waals surface area (Å²) in [4.78, 5) is 44.0. The molecule has 0 spiro atoms. The quantitative estimate of drug-likeness (QED) is 0.570. The van der Waals surface area contributed by atoms with Crippen molar-refractivity contribution in [3.63, 3.8) is 0 Å². The molecule has 1 aromatic carbocycles. The van der Waals surface area contributed by atoms with Crippen LogP contribution in [0.2, 0.25) is 0 Å². The van der Waals surface area contributed by atoms with Gasteiger partial charge in [-0.3, -0.25) is 19.4 Å². The number of halogens is 3. The number of methoxy groups -OCH3 is 1. The molecular weight excluding hydrogens is 489 g/mol. The lowest BCUT2D eigenvalue weighted by Gasteiger charge is -2.34. The summed E-state index contributed by atoms with van der Waals surface area (Å²) in [6, 6.07) is 8.69. The van der Waals surface area contributed by atoms with Gasteiger partial charge in [-0.15, -0.1) is 0 Å². The number of piperidine rings is 2. The number of hydrogen-bond donors (Lipinski definition) is 2. The predicted molar refractivity (Wildman–Crippen MR) is 128 cm³/mol. The Morgan fingerprint density at radius 1 is 1.03 bits per heavy atom. The highest BCUT2D eigenvalue weighted by molar-refractivity contribution is 5.99. The van der Waals surface area contributed by atoms with Gasteiger partial charge >= 0.3 is 6.18 Å². The van der Waals surface area contributed by atoms with Crippen molar-refractivity contribution < 1.29 is 32.3 Å². The van der Waals surface area contributed by atoms with Gasteiger partial charge < -0.3 is 20.3 Å². The molecule has 0 radical (unpaired) electrons. The van der Waals surface area contributed by atoms with Crippen LogP contribution in [0.1, 0.15) is 50.5 Å². The van der Waals surface area contributed by atoms with Gasteiger partial charge in [0.2, 0.25) is 0 Å². The molecule has 198 valence electrons. The van der Waals surface area contributed by atoms with Gasteiger partial charge in [-0.2, -0.15) is 13.2 Å². The molecule has 2 saturated heterocycles. The van der Waals surface area contributed by atoms with Gasteiger partial charge in [-0.05, 0) is 62.2 Å². The second kappa shape index (κ2) is 11.3. The molecule has 11 heteroatoms. The Balaban J connectivity index is 1.31. The number of pyridine rings is 1. The molecule has 4 rings (SSSR count). The van der Waals surface area contributed by atoms with Crippen molar-refractivity contribution in [3.8, 4) is 5.75 Å². The molecule has 2 aliphatic heterocycles. The van der Waals surface area contributed by atoms with E-state index in [1.807, 2.05) is 0 Å². The summed E-state index contributed by atoms with van der Waals surface area (Å²) in [7, 11) is 1.56. The zero-order valence-electron chi connectivity index (χ0n) is 20.4. The van der Waals surface area contributed by atoms with E-state index < -0.39 is 24.0 Å². The van der Waals surface area contributed by atoms with Gasteiger partial charge in [0.1, 0.15) is 11.4 Å². The number of Topliss-reactive ketones (excluding diaryl/α,β-unsaturated/α-hetero) is 1. The van der Waals surface area contributed by atoms with Crippen LogP contribution in [0, 0.1) is 11.8 Å². The second-order valence-electron chi connectivity index (χ2n) is 9.31. The third kappa shape index (κ3) is 6.27. The standard InChI is InChI=1S/C26H29F3N4O4/c1-37-19-5-2-16(3-6-19)23(34)17-9-12-33(13-10-17)25(36)22-7-4-18(14-31-22)24(35)32-21-8-11-30-15-20(21)26(27,28)29/h2-7,14,17,20-21,30H,8-13,15H2,1H3,(H,32,35). The number of aromatic nitrogens is 1. The number of amides is 2. The second-order valence-corrected chi connectivity index (χ2v) is 9.31. The number of carbonyl (C=O) groups is 3. The van der Waals surface area contributed by atoms with Gasteiger partial charge in [0, 0.05) is 43.4 Å². The minimum atomic E-state index is -4.42. The highest BCUT2D eigenvalue weighted by atomic mass is 19.4. The molecule has 8 nitrogen and oxygen atoms in total. The number of ether oxygens (including phenoxy) is 1. The van der Waals surface area contributed by atoms with Crippen LogP contribution in [0.4, 0.5) is 13.2 Å². The van der Waals surface area contributed by atoms with Crippen molar-refractivity contribution in [1.29, 1.82) is 0 Å². The average molecular weight is 519 g/mol. The molecule has 0 saturated carbocycles. The van der Waals surface area contributed by atoms with Gasteiger partial charge in [0.05, 0.1) is 18.6 Å². The molecule has 0 aliphatic carbocycles. The zero-order valence-corrected chi connectivity index (χ0v) is 20.4. The molecule has 2 N–H and O–H groups in total. The summed E-state index contributed by atoms with van der Waals surface area (Å²) in [5.41, 5.74) is 0.818. The van der Waals surface area contributed by atoms with Crippen molar-refractivity contribution in [2.75, 3.05) is 33.3 Å². The fraction of sp³-hybridized carbons (Fsp3) is 0.462. The Hall–Kier alpha value is -3.47. The predicted octanol–water partition coefficient (Wildman–Crippen LogP) is 3.10. The molecular formula is C26H29F3N4O4. The van der Waals surface area contributed by atoms with Crippen LogP contribution in [0.25, 0.3) is 0 Å². The van der Waals surface area contributed by atoms with Crippen molar-refractivity contribution in [1.82, 2.24) is 20.5 Å². The minimum absolute atomic E-state index is 0.0322. The van der Waals surface area contributed by atoms with E-state index in [0.29, 0.717) is 43.8 Å². The van der Waals surface area contributed by atoms with Gasteiger partial charge in [0.25, 0.3) is 11.8 Å². The fourth-order valence-corrected chi connectivity index (χ4v) is 4.78. The maximum absolute atomic E-state index is 13.3. The molecule has 3 heterocycles. The maximum atomic E-state index is 13.3. The lowest BCUT2D eigenvalue weighted by molar-refractivity contribution is -0.183. The number of rotatable bonds is 6.